The lowest BCUT2D eigenvalue weighted by Gasteiger charge is -2.31. The van der Waals surface area contributed by atoms with Crippen LogP contribution in [0.15, 0.2) is 54.6 Å². The van der Waals surface area contributed by atoms with Crippen molar-refractivity contribution in [3.63, 3.8) is 0 Å². The first-order chi connectivity index (χ1) is 14.9. The van der Waals surface area contributed by atoms with Crippen molar-refractivity contribution < 1.29 is 9.59 Å². The monoisotopic (exact) mass is 440 g/mol. The molecule has 5 heteroatoms. The van der Waals surface area contributed by atoms with E-state index in [0.717, 1.165) is 29.1 Å². The number of nitrogens with zero attached hydrogens (tertiary/aromatic N) is 1. The van der Waals surface area contributed by atoms with Crippen LogP contribution in [-0.4, -0.2) is 34.6 Å². The second kappa shape index (κ2) is 13.2. The van der Waals surface area contributed by atoms with E-state index in [1.54, 1.807) is 16.7 Å². The molecule has 2 rings (SSSR count). The molecule has 2 atom stereocenters. The molecule has 0 bridgehead atoms. The molecule has 0 saturated heterocycles. The Morgan fingerprint density at radius 1 is 1.00 bits per heavy atom. The summed E-state index contributed by atoms with van der Waals surface area (Å²) >= 11 is 1.75. The second-order valence-corrected chi connectivity index (χ2v) is 9.15. The van der Waals surface area contributed by atoms with Gasteiger partial charge in [-0.2, -0.15) is 11.8 Å². The summed E-state index contributed by atoms with van der Waals surface area (Å²) in [6.45, 7) is 8.52. The van der Waals surface area contributed by atoms with Crippen LogP contribution < -0.4 is 5.32 Å². The van der Waals surface area contributed by atoms with Gasteiger partial charge >= 0.3 is 0 Å². The fraction of sp³-hybridized carbons (Fsp3) is 0.462. The van der Waals surface area contributed by atoms with Crippen molar-refractivity contribution in [1.82, 2.24) is 10.2 Å². The maximum atomic E-state index is 13.2. The number of aryl methyl sites for hydroxylation is 1. The number of hydrogen-bond donors (Lipinski definition) is 1. The molecule has 31 heavy (non-hydrogen) atoms. The molecule has 1 N–H and O–H groups in total. The van der Waals surface area contributed by atoms with Crippen LogP contribution in [0.25, 0.3) is 0 Å². The second-order valence-electron chi connectivity index (χ2n) is 8.04. The SMILES string of the molecule is CC[C@H](C(=O)N[C@@H](C)CC)N(Cc1cccc(C)c1)C(=O)CCSCc1ccccc1. The molecule has 2 amide bonds. The summed E-state index contributed by atoms with van der Waals surface area (Å²) < 4.78 is 0. The van der Waals surface area contributed by atoms with Crippen LogP contribution in [0, 0.1) is 6.92 Å². The third-order valence-corrected chi connectivity index (χ3v) is 6.42. The van der Waals surface area contributed by atoms with Crippen molar-refractivity contribution in [2.24, 2.45) is 0 Å². The number of hydrogen-bond acceptors (Lipinski definition) is 3. The Hall–Kier alpha value is -2.27. The molecular weight excluding hydrogens is 404 g/mol. The Morgan fingerprint density at radius 2 is 1.71 bits per heavy atom. The molecule has 0 aliphatic heterocycles. The molecule has 0 saturated carbocycles. The van der Waals surface area contributed by atoms with Crippen molar-refractivity contribution in [2.75, 3.05) is 5.75 Å². The van der Waals surface area contributed by atoms with Gasteiger partial charge in [0, 0.05) is 30.5 Å². The van der Waals surface area contributed by atoms with Gasteiger partial charge in [-0.1, -0.05) is 74.0 Å². The van der Waals surface area contributed by atoms with E-state index in [9.17, 15) is 9.59 Å². The number of carbonyl (C=O) groups excluding carboxylic acids is 2. The van der Waals surface area contributed by atoms with Crippen LogP contribution >= 0.6 is 11.8 Å². The summed E-state index contributed by atoms with van der Waals surface area (Å²) in [6.07, 6.45) is 1.89. The molecule has 2 aromatic rings. The summed E-state index contributed by atoms with van der Waals surface area (Å²) in [4.78, 5) is 28.0. The molecule has 0 aliphatic carbocycles. The fourth-order valence-electron chi connectivity index (χ4n) is 3.44. The van der Waals surface area contributed by atoms with Crippen LogP contribution in [0.2, 0.25) is 0 Å². The predicted molar refractivity (Wildman–Crippen MR) is 131 cm³/mol. The Balaban J connectivity index is 2.07. The average Bonchev–Trinajstić information content (AvgIpc) is 2.77. The van der Waals surface area contributed by atoms with E-state index in [1.165, 1.54) is 5.56 Å². The molecule has 0 aromatic heterocycles. The zero-order chi connectivity index (χ0) is 22.6. The minimum atomic E-state index is -0.457. The van der Waals surface area contributed by atoms with E-state index in [0.29, 0.717) is 19.4 Å². The first-order valence-electron chi connectivity index (χ1n) is 11.2. The highest BCUT2D eigenvalue weighted by Crippen LogP contribution is 2.18. The largest absolute Gasteiger partial charge is 0.352 e. The van der Waals surface area contributed by atoms with Crippen LogP contribution in [0.5, 0.6) is 0 Å². The highest BCUT2D eigenvalue weighted by Gasteiger charge is 2.28. The first kappa shape index (κ1) is 25.0. The Bertz CT molecular complexity index is 825. The quantitative estimate of drug-likeness (QED) is 0.453. The molecule has 0 radical (unpaired) electrons. The fourth-order valence-corrected chi connectivity index (χ4v) is 4.33. The minimum absolute atomic E-state index is 0.0354. The highest BCUT2D eigenvalue weighted by molar-refractivity contribution is 7.98. The molecule has 168 valence electrons. The number of rotatable bonds is 12. The maximum Gasteiger partial charge on any atom is 0.243 e. The Morgan fingerprint density at radius 3 is 2.35 bits per heavy atom. The number of amides is 2. The zero-order valence-corrected chi connectivity index (χ0v) is 20.1. The summed E-state index contributed by atoms with van der Waals surface area (Å²) in [6, 6.07) is 18.1. The van der Waals surface area contributed by atoms with Crippen molar-refractivity contribution >= 4 is 23.6 Å². The standard InChI is InChI=1S/C26H36N2O2S/c1-5-21(4)27-26(30)24(6-2)28(18-23-14-10-11-20(3)17-23)25(29)15-16-31-19-22-12-8-7-9-13-22/h7-14,17,21,24H,5-6,15-16,18-19H2,1-4H3,(H,27,30)/t21-,24+/m0/s1. The van der Waals surface area contributed by atoms with Crippen LogP contribution in [0.4, 0.5) is 0 Å². The summed E-state index contributed by atoms with van der Waals surface area (Å²) in [5.74, 6) is 1.60. The maximum absolute atomic E-state index is 13.2. The van der Waals surface area contributed by atoms with Crippen molar-refractivity contribution in [1.29, 1.82) is 0 Å². The van der Waals surface area contributed by atoms with E-state index in [2.05, 4.69) is 23.5 Å². The topological polar surface area (TPSA) is 49.4 Å². The molecule has 0 heterocycles. The van der Waals surface area contributed by atoms with E-state index >= 15 is 0 Å². The number of nitrogens with one attached hydrogen (secondary N) is 1. The summed E-state index contributed by atoms with van der Waals surface area (Å²) in [5.41, 5.74) is 3.47. The third kappa shape index (κ3) is 8.41. The van der Waals surface area contributed by atoms with Gasteiger partial charge in [-0.05, 0) is 37.8 Å². The average molecular weight is 441 g/mol. The van der Waals surface area contributed by atoms with Gasteiger partial charge in [0.25, 0.3) is 0 Å². The van der Waals surface area contributed by atoms with Crippen LogP contribution in [0.1, 0.15) is 56.7 Å². The van der Waals surface area contributed by atoms with Crippen molar-refractivity contribution in [3.05, 3.63) is 71.3 Å². The van der Waals surface area contributed by atoms with E-state index in [-0.39, 0.29) is 17.9 Å². The molecule has 0 fully saturated rings. The molecule has 0 aliphatic rings. The van der Waals surface area contributed by atoms with Gasteiger partial charge < -0.3 is 10.2 Å². The van der Waals surface area contributed by atoms with Gasteiger partial charge in [0.15, 0.2) is 0 Å². The smallest absolute Gasteiger partial charge is 0.243 e. The van der Waals surface area contributed by atoms with Gasteiger partial charge in [0.05, 0.1) is 0 Å². The Kier molecular flexibility index (Phi) is 10.6. The number of thioether (sulfide) groups is 1. The zero-order valence-electron chi connectivity index (χ0n) is 19.3. The minimum Gasteiger partial charge on any atom is -0.352 e. The molecule has 0 spiro atoms. The van der Waals surface area contributed by atoms with Crippen LogP contribution in [0.3, 0.4) is 0 Å². The third-order valence-electron chi connectivity index (χ3n) is 5.39. The highest BCUT2D eigenvalue weighted by atomic mass is 32.2. The molecule has 2 aromatic carbocycles. The first-order valence-corrected chi connectivity index (χ1v) is 12.4. The van der Waals surface area contributed by atoms with Gasteiger partial charge in [-0.15, -0.1) is 0 Å². The predicted octanol–water partition coefficient (Wildman–Crippen LogP) is 5.34. The van der Waals surface area contributed by atoms with Crippen LogP contribution in [-0.2, 0) is 21.9 Å². The molecule has 0 unspecified atom stereocenters. The van der Waals surface area contributed by atoms with Gasteiger partial charge in [0.2, 0.25) is 11.8 Å². The van der Waals surface area contributed by atoms with Gasteiger partial charge in [-0.3, -0.25) is 9.59 Å². The number of carbonyl (C=O) groups is 2. The van der Waals surface area contributed by atoms with Gasteiger partial charge in [-0.25, -0.2) is 0 Å². The Labute approximate surface area is 191 Å². The van der Waals surface area contributed by atoms with E-state index in [4.69, 9.17) is 0 Å². The molecular formula is C26H36N2O2S. The van der Waals surface area contributed by atoms with Gasteiger partial charge in [0.1, 0.15) is 6.04 Å². The molecule has 4 nitrogen and oxygen atoms in total. The lowest BCUT2D eigenvalue weighted by Crippen LogP contribution is -2.50. The number of benzene rings is 2. The van der Waals surface area contributed by atoms with Crippen molar-refractivity contribution in [2.45, 2.75) is 71.3 Å². The summed E-state index contributed by atoms with van der Waals surface area (Å²) in [5, 5.41) is 3.06. The summed E-state index contributed by atoms with van der Waals surface area (Å²) in [7, 11) is 0. The van der Waals surface area contributed by atoms with Crippen molar-refractivity contribution in [3.8, 4) is 0 Å². The van der Waals surface area contributed by atoms with E-state index in [1.807, 2.05) is 64.1 Å². The van der Waals surface area contributed by atoms with E-state index < -0.39 is 6.04 Å². The normalized spacial score (nSPS) is 12.8. The lowest BCUT2D eigenvalue weighted by atomic mass is 10.1. The lowest BCUT2D eigenvalue weighted by molar-refractivity contribution is -0.141.